The van der Waals surface area contributed by atoms with Crippen molar-refractivity contribution in [3.8, 4) is 0 Å². The van der Waals surface area contributed by atoms with Crippen LogP contribution in [0, 0.1) is 11.3 Å². The van der Waals surface area contributed by atoms with E-state index in [2.05, 4.69) is 37.8 Å². The summed E-state index contributed by atoms with van der Waals surface area (Å²) in [5, 5.41) is 4.06. The summed E-state index contributed by atoms with van der Waals surface area (Å²) in [4.78, 5) is 4.48. The van der Waals surface area contributed by atoms with E-state index in [1.807, 2.05) is 0 Å². The van der Waals surface area contributed by atoms with Gasteiger partial charge in [0.15, 0.2) is 5.82 Å². The molecule has 110 valence electrons. The second-order valence-corrected chi connectivity index (χ2v) is 6.61. The van der Waals surface area contributed by atoms with Gasteiger partial charge in [-0.25, -0.2) is 0 Å². The van der Waals surface area contributed by atoms with Crippen molar-refractivity contribution in [2.24, 2.45) is 17.1 Å². The van der Waals surface area contributed by atoms with Gasteiger partial charge in [0, 0.05) is 12.8 Å². The van der Waals surface area contributed by atoms with Crippen LogP contribution in [0.2, 0.25) is 0 Å². The first-order valence-electron chi connectivity index (χ1n) is 7.46. The zero-order valence-corrected chi connectivity index (χ0v) is 12.9. The average molecular weight is 267 g/mol. The van der Waals surface area contributed by atoms with Crippen molar-refractivity contribution in [3.05, 3.63) is 11.7 Å². The fraction of sp³-hybridized carbons (Fsp3) is 0.867. The molecule has 19 heavy (non-hydrogen) atoms. The van der Waals surface area contributed by atoms with Gasteiger partial charge in [-0.15, -0.1) is 0 Å². The lowest BCUT2D eigenvalue weighted by molar-refractivity contribution is 0.338. The molecule has 0 aliphatic rings. The van der Waals surface area contributed by atoms with Crippen LogP contribution in [0.4, 0.5) is 0 Å². The average Bonchev–Trinajstić information content (AvgIpc) is 2.72. The molecule has 1 atom stereocenters. The number of aromatic nitrogens is 2. The summed E-state index contributed by atoms with van der Waals surface area (Å²) in [5.74, 6) is 2.29. The van der Waals surface area contributed by atoms with Gasteiger partial charge in [-0.2, -0.15) is 4.98 Å². The van der Waals surface area contributed by atoms with Crippen LogP contribution in [0.15, 0.2) is 4.52 Å². The Morgan fingerprint density at radius 3 is 2.53 bits per heavy atom. The fourth-order valence-corrected chi connectivity index (χ4v) is 2.34. The lowest BCUT2D eigenvalue weighted by Crippen LogP contribution is -2.11. The SMILES string of the molecule is CCCC(CCN)CCc1nc(CC(C)(C)C)no1. The van der Waals surface area contributed by atoms with E-state index in [1.54, 1.807) is 0 Å². The van der Waals surface area contributed by atoms with Gasteiger partial charge < -0.3 is 10.3 Å². The van der Waals surface area contributed by atoms with Crippen molar-refractivity contribution < 1.29 is 4.52 Å². The van der Waals surface area contributed by atoms with Crippen molar-refractivity contribution in [1.29, 1.82) is 0 Å². The van der Waals surface area contributed by atoms with E-state index in [0.29, 0.717) is 5.92 Å². The van der Waals surface area contributed by atoms with Gasteiger partial charge >= 0.3 is 0 Å². The molecule has 1 heterocycles. The van der Waals surface area contributed by atoms with Gasteiger partial charge in [-0.3, -0.25) is 0 Å². The fourth-order valence-electron chi connectivity index (χ4n) is 2.34. The van der Waals surface area contributed by atoms with E-state index in [0.717, 1.165) is 43.9 Å². The third kappa shape index (κ3) is 6.71. The highest BCUT2D eigenvalue weighted by molar-refractivity contribution is 4.90. The molecule has 0 amide bonds. The topological polar surface area (TPSA) is 64.9 Å². The molecule has 0 fully saturated rings. The summed E-state index contributed by atoms with van der Waals surface area (Å²) in [6, 6.07) is 0. The molecule has 0 aliphatic carbocycles. The van der Waals surface area contributed by atoms with E-state index in [9.17, 15) is 0 Å². The van der Waals surface area contributed by atoms with Gasteiger partial charge in [0.2, 0.25) is 5.89 Å². The minimum atomic E-state index is 0.200. The molecule has 4 nitrogen and oxygen atoms in total. The first kappa shape index (κ1) is 16.2. The van der Waals surface area contributed by atoms with Crippen molar-refractivity contribution in [2.45, 2.75) is 66.2 Å². The zero-order chi connectivity index (χ0) is 14.3. The standard InChI is InChI=1S/C15H29N3O/c1-5-6-12(9-10-16)7-8-14-17-13(18-19-14)11-15(2,3)4/h12H,5-11,16H2,1-4H3. The van der Waals surface area contributed by atoms with E-state index in [-0.39, 0.29) is 5.41 Å². The van der Waals surface area contributed by atoms with Gasteiger partial charge in [0.1, 0.15) is 0 Å². The lowest BCUT2D eigenvalue weighted by Gasteiger charge is -2.14. The van der Waals surface area contributed by atoms with Crippen LogP contribution in [0.5, 0.6) is 0 Å². The number of aryl methyl sites for hydroxylation is 1. The molecule has 2 N–H and O–H groups in total. The maximum Gasteiger partial charge on any atom is 0.226 e. The first-order chi connectivity index (χ1) is 8.94. The molecular weight excluding hydrogens is 238 g/mol. The Labute approximate surface area is 117 Å². The van der Waals surface area contributed by atoms with E-state index >= 15 is 0 Å². The third-order valence-corrected chi connectivity index (χ3v) is 3.24. The van der Waals surface area contributed by atoms with Crippen LogP contribution in [-0.4, -0.2) is 16.7 Å². The summed E-state index contributed by atoms with van der Waals surface area (Å²) >= 11 is 0. The molecule has 0 aliphatic heterocycles. The Hall–Kier alpha value is -0.900. The minimum absolute atomic E-state index is 0.200. The lowest BCUT2D eigenvalue weighted by atomic mass is 9.92. The number of rotatable bonds is 8. The zero-order valence-electron chi connectivity index (χ0n) is 12.9. The maximum atomic E-state index is 5.65. The summed E-state index contributed by atoms with van der Waals surface area (Å²) in [6.07, 6.45) is 6.38. The van der Waals surface area contributed by atoms with Crippen LogP contribution in [-0.2, 0) is 12.8 Å². The van der Waals surface area contributed by atoms with Crippen LogP contribution < -0.4 is 5.73 Å². The molecule has 0 saturated carbocycles. The molecule has 0 saturated heterocycles. The normalized spacial score (nSPS) is 13.7. The second-order valence-electron chi connectivity index (χ2n) is 6.61. The smallest absolute Gasteiger partial charge is 0.226 e. The summed E-state index contributed by atoms with van der Waals surface area (Å²) in [7, 11) is 0. The number of nitrogens with zero attached hydrogens (tertiary/aromatic N) is 2. The molecule has 0 spiro atoms. The molecular formula is C15H29N3O. The highest BCUT2D eigenvalue weighted by Crippen LogP contribution is 2.20. The number of nitrogens with two attached hydrogens (primary N) is 1. The van der Waals surface area contributed by atoms with Crippen LogP contribution in [0.25, 0.3) is 0 Å². The summed E-state index contributed by atoms with van der Waals surface area (Å²) in [5.41, 5.74) is 5.85. The predicted octanol–water partition coefficient (Wildman–Crippen LogP) is 3.36. The Balaban J connectivity index is 2.44. The van der Waals surface area contributed by atoms with Crippen LogP contribution in [0.1, 0.15) is 65.1 Å². The first-order valence-corrected chi connectivity index (χ1v) is 7.46. The predicted molar refractivity (Wildman–Crippen MR) is 77.8 cm³/mol. The molecule has 1 aromatic heterocycles. The molecule has 0 aromatic carbocycles. The van der Waals surface area contributed by atoms with Crippen molar-refractivity contribution in [1.82, 2.24) is 10.1 Å². The molecule has 1 rings (SSSR count). The second kappa shape index (κ2) is 7.63. The molecule has 1 unspecified atom stereocenters. The van der Waals surface area contributed by atoms with Gasteiger partial charge in [-0.1, -0.05) is 45.7 Å². The van der Waals surface area contributed by atoms with E-state index in [4.69, 9.17) is 10.3 Å². The van der Waals surface area contributed by atoms with Gasteiger partial charge in [-0.05, 0) is 30.7 Å². The number of hydrogen-bond acceptors (Lipinski definition) is 4. The van der Waals surface area contributed by atoms with Gasteiger partial charge in [0.25, 0.3) is 0 Å². The maximum absolute atomic E-state index is 5.65. The van der Waals surface area contributed by atoms with Crippen molar-refractivity contribution in [2.75, 3.05) is 6.54 Å². The Bertz CT molecular complexity index is 349. The Kier molecular flexibility index (Phi) is 6.49. The summed E-state index contributed by atoms with van der Waals surface area (Å²) < 4.78 is 5.32. The summed E-state index contributed by atoms with van der Waals surface area (Å²) in [6.45, 7) is 9.53. The largest absolute Gasteiger partial charge is 0.339 e. The monoisotopic (exact) mass is 267 g/mol. The van der Waals surface area contributed by atoms with E-state index < -0.39 is 0 Å². The highest BCUT2D eigenvalue weighted by Gasteiger charge is 2.17. The third-order valence-electron chi connectivity index (χ3n) is 3.24. The van der Waals surface area contributed by atoms with Gasteiger partial charge in [0.05, 0.1) is 0 Å². The quantitative estimate of drug-likeness (QED) is 0.784. The molecule has 0 radical (unpaired) electrons. The molecule has 1 aromatic rings. The highest BCUT2D eigenvalue weighted by atomic mass is 16.5. The van der Waals surface area contributed by atoms with Crippen LogP contribution in [0.3, 0.4) is 0 Å². The number of hydrogen-bond donors (Lipinski definition) is 1. The molecule has 0 bridgehead atoms. The van der Waals surface area contributed by atoms with Crippen LogP contribution >= 0.6 is 0 Å². The van der Waals surface area contributed by atoms with Crippen molar-refractivity contribution >= 4 is 0 Å². The Morgan fingerprint density at radius 1 is 1.21 bits per heavy atom. The molecule has 4 heteroatoms. The van der Waals surface area contributed by atoms with Crippen molar-refractivity contribution in [3.63, 3.8) is 0 Å². The minimum Gasteiger partial charge on any atom is -0.339 e. The van der Waals surface area contributed by atoms with E-state index in [1.165, 1.54) is 12.8 Å². The Morgan fingerprint density at radius 2 is 1.95 bits per heavy atom.